The van der Waals surface area contributed by atoms with Crippen LogP contribution in [0.4, 0.5) is 44.2 Å². The van der Waals surface area contributed by atoms with E-state index in [1.54, 1.807) is 35.8 Å². The Morgan fingerprint density at radius 1 is 0.608 bits per heavy atom. The fraction of sp³-hybridized carbons (Fsp3) is 0.407. The van der Waals surface area contributed by atoms with Crippen LogP contribution in [-0.2, 0) is 9.31 Å². The van der Waals surface area contributed by atoms with Gasteiger partial charge in [-0.2, -0.15) is 27.0 Å². The molecule has 0 aromatic carbocycles. The van der Waals surface area contributed by atoms with Crippen molar-refractivity contribution in [3.63, 3.8) is 0 Å². The minimum absolute atomic E-state index is 0. The normalized spacial score (nSPS) is 20.1. The molecular formula is C54H64BBrN12O4S2. The highest BCUT2D eigenvalue weighted by Crippen LogP contribution is 2.49. The second-order valence-corrected chi connectivity index (χ2v) is 21.8. The van der Waals surface area contributed by atoms with Crippen LogP contribution in [0.5, 0.6) is 0 Å². The van der Waals surface area contributed by atoms with Crippen molar-refractivity contribution >= 4 is 96.7 Å². The van der Waals surface area contributed by atoms with E-state index in [2.05, 4.69) is 96.1 Å². The predicted octanol–water partition coefficient (Wildman–Crippen LogP) is 11.1. The van der Waals surface area contributed by atoms with Crippen molar-refractivity contribution in [3.05, 3.63) is 119 Å². The van der Waals surface area contributed by atoms with Gasteiger partial charge < -0.3 is 19.1 Å². The number of carbonyl (C=O) groups excluding carboxylic acids is 2. The molecule has 5 fully saturated rings. The number of amides is 4. The highest BCUT2D eigenvalue weighted by atomic mass is 79.9. The molecule has 74 heavy (non-hydrogen) atoms. The number of hydrogen-bond acceptors (Lipinski definition) is 12. The van der Waals surface area contributed by atoms with Crippen LogP contribution in [0.1, 0.15) is 89.1 Å². The van der Waals surface area contributed by atoms with Crippen molar-refractivity contribution < 1.29 is 18.9 Å². The van der Waals surface area contributed by atoms with Gasteiger partial charge in [0.25, 0.3) is 0 Å². The summed E-state index contributed by atoms with van der Waals surface area (Å²) < 4.78 is 12.6. The third kappa shape index (κ3) is 11.1. The summed E-state index contributed by atoms with van der Waals surface area (Å²) in [5.41, 5.74) is 8.52. The van der Waals surface area contributed by atoms with Crippen LogP contribution in [0, 0.1) is 13.8 Å². The topological polar surface area (TPSA) is 167 Å². The van der Waals surface area contributed by atoms with E-state index >= 15 is 0 Å². The summed E-state index contributed by atoms with van der Waals surface area (Å²) in [5, 5.41) is 5.96. The molecule has 7 aliphatic rings. The quantitative estimate of drug-likeness (QED) is 0.152. The Morgan fingerprint density at radius 3 is 1.54 bits per heavy atom. The molecule has 6 aromatic heterocycles. The minimum Gasteiger partial charge on any atom is -0.403 e. The van der Waals surface area contributed by atoms with Gasteiger partial charge in [0.05, 0.1) is 46.0 Å². The molecule has 0 spiro atoms. The predicted molar refractivity (Wildman–Crippen MR) is 307 cm³/mol. The molecule has 5 aliphatic heterocycles. The van der Waals surface area contributed by atoms with Gasteiger partial charge in [-0.15, -0.1) is 0 Å². The average molecular weight is 1100 g/mol. The Labute approximate surface area is 456 Å². The number of aromatic nitrogens is 6. The van der Waals surface area contributed by atoms with E-state index < -0.39 is 0 Å². The van der Waals surface area contributed by atoms with Gasteiger partial charge in [-0.25, -0.2) is 29.5 Å². The molecule has 2 saturated carbocycles. The molecule has 3 saturated heterocycles. The van der Waals surface area contributed by atoms with E-state index in [-0.39, 0.29) is 69.5 Å². The van der Waals surface area contributed by atoms with Crippen LogP contribution in [-0.4, -0.2) is 98.5 Å². The lowest BCUT2D eigenvalue weighted by atomic mass is 9.82. The Morgan fingerprint density at radius 2 is 1.08 bits per heavy atom. The van der Waals surface area contributed by atoms with Gasteiger partial charge >= 0.3 is 19.2 Å². The summed E-state index contributed by atoms with van der Waals surface area (Å²) in [6.07, 6.45) is 13.8. The average Bonchev–Trinajstić information content (AvgIpc) is 4.29. The standard InChI is InChI=1S/C24H24N6O.C21H19BrN6O.C9H17BO2.2H2S/c1-15-12-18(7-9-25-15)20-4-5-21-23(27-20)30(19-8-11-29(21)14-19)24(31)28-22-13-17(6-10-26-22)16-2-3-16;1-13-10-14(4-7-23-13)17-2-3-18-20(25-17)28(16-6-9-27(18)12-16)21(29)26-19-11-15(22)5-8-24-19;1-8(2)9(3,4)12-10(11-8)7-5-6-7;;/h4-7,9-10,12-13,16,19H,2-3,8,11,14H2,1H3,(H,26,28,31);2-5,7-8,10-11,16H,6,9,12H2,1H3,(H,24,26,29);7H,5-6H2,1-4H3;2*1H2/t19-;16-;;;/m00.../s1. The number of nitrogens with zero attached hydrogens (tertiary/aromatic N) is 10. The van der Waals surface area contributed by atoms with Gasteiger partial charge in [0, 0.05) is 78.0 Å². The molecule has 13 rings (SSSR count). The van der Waals surface area contributed by atoms with E-state index in [9.17, 15) is 9.59 Å². The van der Waals surface area contributed by atoms with Gasteiger partial charge in [0.2, 0.25) is 0 Å². The summed E-state index contributed by atoms with van der Waals surface area (Å²) in [5.74, 6) is 3.82. The van der Waals surface area contributed by atoms with Gasteiger partial charge in [-0.3, -0.25) is 30.4 Å². The van der Waals surface area contributed by atoms with Crippen LogP contribution in [0.2, 0.25) is 5.82 Å². The van der Waals surface area contributed by atoms with Gasteiger partial charge in [-0.1, -0.05) is 28.8 Å². The first-order chi connectivity index (χ1) is 34.7. The zero-order chi connectivity index (χ0) is 49.9. The fourth-order valence-corrected chi connectivity index (χ4v) is 10.5. The molecule has 16 nitrogen and oxygen atoms in total. The number of urea groups is 2. The molecule has 4 amide bonds. The second-order valence-electron chi connectivity index (χ2n) is 20.9. The van der Waals surface area contributed by atoms with Crippen LogP contribution >= 0.6 is 42.9 Å². The number of pyridine rings is 6. The van der Waals surface area contributed by atoms with E-state index in [1.807, 2.05) is 73.3 Å². The van der Waals surface area contributed by atoms with Crippen LogP contribution in [0.3, 0.4) is 0 Å². The molecule has 0 radical (unpaired) electrons. The number of aryl methyl sites for hydroxylation is 2. The lowest BCUT2D eigenvalue weighted by Crippen LogP contribution is -2.48. The molecule has 0 unspecified atom stereocenters. The Hall–Kier alpha value is -5.80. The van der Waals surface area contributed by atoms with Crippen LogP contribution < -0.4 is 30.2 Å². The van der Waals surface area contributed by atoms with Crippen molar-refractivity contribution in [1.29, 1.82) is 0 Å². The molecule has 20 heteroatoms. The van der Waals surface area contributed by atoms with Crippen molar-refractivity contribution in [3.8, 4) is 22.5 Å². The number of halogens is 1. The van der Waals surface area contributed by atoms with E-state index in [0.29, 0.717) is 29.2 Å². The monoisotopic (exact) mass is 1100 g/mol. The summed E-state index contributed by atoms with van der Waals surface area (Å²) in [6, 6.07) is 23.6. The Balaban J connectivity index is 0.000000146. The number of rotatable bonds is 6. The maximum atomic E-state index is 13.4. The zero-order valence-electron chi connectivity index (χ0n) is 42.7. The lowest BCUT2D eigenvalue weighted by Gasteiger charge is -2.35. The van der Waals surface area contributed by atoms with Gasteiger partial charge in [0.1, 0.15) is 11.6 Å². The molecule has 4 bridgehead atoms. The number of fused-ring (bicyclic) bond motifs is 8. The van der Waals surface area contributed by atoms with Gasteiger partial charge in [-0.05, 0) is 157 Å². The van der Waals surface area contributed by atoms with Crippen molar-refractivity contribution in [2.45, 2.75) is 115 Å². The van der Waals surface area contributed by atoms with Crippen molar-refractivity contribution in [2.75, 3.05) is 56.4 Å². The third-order valence-corrected chi connectivity index (χ3v) is 15.5. The van der Waals surface area contributed by atoms with E-state index in [1.165, 1.54) is 31.2 Å². The number of hydrogen-bond donors (Lipinski definition) is 2. The number of carbonyl (C=O) groups is 2. The molecule has 386 valence electrons. The summed E-state index contributed by atoms with van der Waals surface area (Å²) in [6.45, 7) is 15.9. The van der Waals surface area contributed by atoms with E-state index in [4.69, 9.17) is 19.3 Å². The first-order valence-corrected chi connectivity index (χ1v) is 26.0. The maximum Gasteiger partial charge on any atom is 0.461 e. The lowest BCUT2D eigenvalue weighted by molar-refractivity contribution is 0.00578. The molecule has 2 atom stereocenters. The molecule has 2 aliphatic carbocycles. The maximum absolute atomic E-state index is 13.4. The van der Waals surface area contributed by atoms with Crippen LogP contribution in [0.25, 0.3) is 22.5 Å². The highest BCUT2D eigenvalue weighted by Gasteiger charge is 2.56. The first-order valence-electron chi connectivity index (χ1n) is 25.2. The molecular weight excluding hydrogens is 1040 g/mol. The van der Waals surface area contributed by atoms with E-state index in [0.717, 1.165) is 94.6 Å². The highest BCUT2D eigenvalue weighted by molar-refractivity contribution is 9.10. The van der Waals surface area contributed by atoms with Crippen LogP contribution in [0.15, 0.2) is 102 Å². The largest absolute Gasteiger partial charge is 0.461 e. The second kappa shape index (κ2) is 21.4. The Kier molecular flexibility index (Phi) is 15.4. The molecule has 11 heterocycles. The summed E-state index contributed by atoms with van der Waals surface area (Å²) >= 11 is 3.42. The minimum atomic E-state index is -0.209. The zero-order valence-corrected chi connectivity index (χ0v) is 46.3. The molecule has 2 N–H and O–H groups in total. The summed E-state index contributed by atoms with van der Waals surface area (Å²) in [4.78, 5) is 61.9. The van der Waals surface area contributed by atoms with Gasteiger partial charge in [0.15, 0.2) is 11.6 Å². The van der Waals surface area contributed by atoms with Crippen molar-refractivity contribution in [2.24, 2.45) is 0 Å². The number of nitrogens with one attached hydrogen (secondary N) is 2. The first kappa shape index (κ1) is 53.0. The SMILES string of the molecule is CC1(C)OB(C2CC2)OC1(C)C.Cc1cc(-c2ccc3c(n2)N(C(=O)Nc2cc(Br)ccn2)[C@H]2CCN3C2)ccn1.Cc1cc(-c2ccc3c(n2)N(C(=O)Nc2cc(C4CC4)ccn2)[C@H]2CCN3C2)ccn1.S.S. The summed E-state index contributed by atoms with van der Waals surface area (Å²) in [7, 11) is 0.0648. The smallest absolute Gasteiger partial charge is 0.403 e. The Bertz CT molecular complexity index is 3040. The fourth-order valence-electron chi connectivity index (χ4n) is 10.1. The molecule has 6 aromatic rings. The third-order valence-electron chi connectivity index (χ3n) is 15.0. The van der Waals surface area contributed by atoms with Crippen molar-refractivity contribution in [1.82, 2.24) is 29.9 Å². The number of anilines is 6.